The molecule has 3 aliphatic heterocycles. The van der Waals surface area contributed by atoms with Crippen molar-refractivity contribution in [3.8, 4) is 0 Å². The van der Waals surface area contributed by atoms with Crippen molar-refractivity contribution in [2.75, 3.05) is 0 Å². The van der Waals surface area contributed by atoms with Crippen molar-refractivity contribution >= 4 is 5.97 Å². The van der Waals surface area contributed by atoms with Gasteiger partial charge < -0.3 is 9.47 Å². The Kier molecular flexibility index (Phi) is 1.99. The average molecular weight is 234 g/mol. The SMILES string of the molecule is O=C1CC2(CC3C=CC2O3)C(C2CCCC2)O1. The molecule has 4 atom stereocenters. The third-order valence-corrected chi connectivity index (χ3v) is 5.10. The van der Waals surface area contributed by atoms with E-state index in [4.69, 9.17) is 9.47 Å². The topological polar surface area (TPSA) is 35.5 Å². The number of ether oxygens (including phenoxy) is 2. The van der Waals surface area contributed by atoms with Gasteiger partial charge >= 0.3 is 5.97 Å². The van der Waals surface area contributed by atoms with Gasteiger partial charge in [-0.05, 0) is 25.2 Å². The lowest BCUT2D eigenvalue weighted by Crippen LogP contribution is -2.42. The minimum atomic E-state index is -0.0223. The van der Waals surface area contributed by atoms with Gasteiger partial charge in [-0.3, -0.25) is 4.79 Å². The molecular formula is C14H18O3. The molecule has 3 fully saturated rings. The summed E-state index contributed by atoms with van der Waals surface area (Å²) in [6.45, 7) is 0. The summed E-state index contributed by atoms with van der Waals surface area (Å²) >= 11 is 0. The van der Waals surface area contributed by atoms with E-state index in [1.54, 1.807) is 0 Å². The van der Waals surface area contributed by atoms with E-state index in [1.807, 2.05) is 0 Å². The van der Waals surface area contributed by atoms with Crippen molar-refractivity contribution in [3.63, 3.8) is 0 Å². The van der Waals surface area contributed by atoms with Gasteiger partial charge in [0.05, 0.1) is 24.0 Å². The Hall–Kier alpha value is -0.830. The van der Waals surface area contributed by atoms with Gasteiger partial charge in [-0.2, -0.15) is 0 Å². The van der Waals surface area contributed by atoms with Gasteiger partial charge in [0.15, 0.2) is 0 Å². The van der Waals surface area contributed by atoms with Gasteiger partial charge in [-0.15, -0.1) is 0 Å². The normalized spacial score (nSPS) is 48.5. The maximum absolute atomic E-state index is 11.7. The van der Waals surface area contributed by atoms with Crippen LogP contribution in [0.15, 0.2) is 12.2 Å². The van der Waals surface area contributed by atoms with Crippen LogP contribution < -0.4 is 0 Å². The molecule has 17 heavy (non-hydrogen) atoms. The fourth-order valence-corrected chi connectivity index (χ4v) is 4.38. The summed E-state index contributed by atoms with van der Waals surface area (Å²) in [6.07, 6.45) is 11.4. The molecule has 1 spiro atoms. The first-order chi connectivity index (χ1) is 8.28. The van der Waals surface area contributed by atoms with E-state index < -0.39 is 0 Å². The Bertz CT molecular complexity index is 383. The van der Waals surface area contributed by atoms with Crippen LogP contribution in [-0.4, -0.2) is 24.3 Å². The number of carbonyl (C=O) groups is 1. The second kappa shape index (κ2) is 3.35. The van der Waals surface area contributed by atoms with Crippen LogP contribution in [0.4, 0.5) is 0 Å². The van der Waals surface area contributed by atoms with Crippen LogP contribution in [-0.2, 0) is 14.3 Å². The Morgan fingerprint density at radius 2 is 2.06 bits per heavy atom. The highest BCUT2D eigenvalue weighted by Crippen LogP contribution is 2.56. The van der Waals surface area contributed by atoms with Crippen molar-refractivity contribution in [1.82, 2.24) is 0 Å². The molecule has 0 amide bonds. The van der Waals surface area contributed by atoms with Gasteiger partial charge in [0.25, 0.3) is 0 Å². The number of hydrogen-bond donors (Lipinski definition) is 0. The van der Waals surface area contributed by atoms with Gasteiger partial charge in [0.2, 0.25) is 0 Å². The van der Waals surface area contributed by atoms with E-state index in [-0.39, 0.29) is 29.7 Å². The van der Waals surface area contributed by atoms with E-state index >= 15 is 0 Å². The van der Waals surface area contributed by atoms with Gasteiger partial charge in [-0.25, -0.2) is 0 Å². The summed E-state index contributed by atoms with van der Waals surface area (Å²) in [5.74, 6) is 0.573. The molecule has 1 aliphatic carbocycles. The number of hydrogen-bond acceptors (Lipinski definition) is 3. The third-order valence-electron chi connectivity index (χ3n) is 5.10. The molecule has 0 aromatic heterocycles. The zero-order chi connectivity index (χ0) is 11.5. The Balaban J connectivity index is 1.68. The van der Waals surface area contributed by atoms with E-state index in [9.17, 15) is 4.79 Å². The molecule has 4 aliphatic rings. The Morgan fingerprint density at radius 1 is 1.24 bits per heavy atom. The zero-order valence-corrected chi connectivity index (χ0v) is 9.93. The molecule has 92 valence electrons. The number of carbonyl (C=O) groups excluding carboxylic acids is 1. The minimum absolute atomic E-state index is 0.00792. The molecule has 2 saturated heterocycles. The molecule has 0 N–H and O–H groups in total. The fraction of sp³-hybridized carbons (Fsp3) is 0.786. The van der Waals surface area contributed by atoms with Crippen molar-refractivity contribution < 1.29 is 14.3 Å². The van der Waals surface area contributed by atoms with Crippen LogP contribution >= 0.6 is 0 Å². The summed E-state index contributed by atoms with van der Waals surface area (Å²) in [4.78, 5) is 11.7. The highest BCUT2D eigenvalue weighted by atomic mass is 16.6. The lowest BCUT2D eigenvalue weighted by molar-refractivity contribution is -0.144. The molecule has 1 saturated carbocycles. The standard InChI is InChI=1S/C14H18O3/c15-12-8-14(7-10-5-6-11(14)16-10)13(17-12)9-3-1-2-4-9/h5-6,9-11,13H,1-4,7-8H2. The molecule has 0 radical (unpaired) electrons. The number of esters is 1. The number of cyclic esters (lactones) is 1. The lowest BCUT2D eigenvalue weighted by Gasteiger charge is -2.35. The summed E-state index contributed by atoms with van der Waals surface area (Å²) < 4.78 is 11.6. The van der Waals surface area contributed by atoms with Crippen LogP contribution in [0.3, 0.4) is 0 Å². The summed E-state index contributed by atoms with van der Waals surface area (Å²) in [5.41, 5.74) is -0.0223. The van der Waals surface area contributed by atoms with Crippen LogP contribution in [0, 0.1) is 11.3 Å². The predicted octanol–water partition coefficient (Wildman–Crippen LogP) is 2.21. The monoisotopic (exact) mass is 234 g/mol. The molecule has 4 unspecified atom stereocenters. The Morgan fingerprint density at radius 3 is 2.71 bits per heavy atom. The van der Waals surface area contributed by atoms with E-state index in [1.165, 1.54) is 25.7 Å². The number of rotatable bonds is 1. The summed E-state index contributed by atoms with van der Waals surface area (Å²) in [7, 11) is 0. The molecule has 2 bridgehead atoms. The first-order valence-corrected chi connectivity index (χ1v) is 6.81. The zero-order valence-electron chi connectivity index (χ0n) is 9.93. The van der Waals surface area contributed by atoms with Crippen LogP contribution in [0.1, 0.15) is 38.5 Å². The molecule has 0 aromatic carbocycles. The van der Waals surface area contributed by atoms with Gasteiger partial charge in [-0.1, -0.05) is 25.0 Å². The van der Waals surface area contributed by atoms with Crippen molar-refractivity contribution in [2.45, 2.75) is 56.8 Å². The van der Waals surface area contributed by atoms with Crippen LogP contribution in [0.2, 0.25) is 0 Å². The summed E-state index contributed by atoms with van der Waals surface area (Å²) in [6, 6.07) is 0. The second-order valence-corrected chi connectivity index (χ2v) is 6.05. The average Bonchev–Trinajstić information content (AvgIpc) is 3.03. The molecular weight excluding hydrogens is 216 g/mol. The molecule has 3 nitrogen and oxygen atoms in total. The predicted molar refractivity (Wildman–Crippen MR) is 61.3 cm³/mol. The maximum atomic E-state index is 11.7. The number of fused-ring (bicyclic) bond motifs is 3. The largest absolute Gasteiger partial charge is 0.461 e. The van der Waals surface area contributed by atoms with Crippen LogP contribution in [0.5, 0.6) is 0 Å². The van der Waals surface area contributed by atoms with E-state index in [0.29, 0.717) is 12.3 Å². The van der Waals surface area contributed by atoms with E-state index in [0.717, 1.165) is 6.42 Å². The minimum Gasteiger partial charge on any atom is -0.461 e. The quantitative estimate of drug-likeness (QED) is 0.515. The highest BCUT2D eigenvalue weighted by molar-refractivity contribution is 5.73. The molecule has 4 rings (SSSR count). The van der Waals surface area contributed by atoms with Crippen molar-refractivity contribution in [3.05, 3.63) is 12.2 Å². The molecule has 3 heterocycles. The lowest BCUT2D eigenvalue weighted by atomic mass is 9.68. The third kappa shape index (κ3) is 1.29. The highest BCUT2D eigenvalue weighted by Gasteiger charge is 2.62. The first kappa shape index (κ1) is 10.1. The Labute approximate surface area is 101 Å². The van der Waals surface area contributed by atoms with Gasteiger partial charge in [0.1, 0.15) is 6.10 Å². The second-order valence-electron chi connectivity index (χ2n) is 6.05. The van der Waals surface area contributed by atoms with Gasteiger partial charge in [0, 0.05) is 0 Å². The summed E-state index contributed by atoms with van der Waals surface area (Å²) in [5, 5.41) is 0. The van der Waals surface area contributed by atoms with Crippen LogP contribution in [0.25, 0.3) is 0 Å². The van der Waals surface area contributed by atoms with Crippen molar-refractivity contribution in [2.24, 2.45) is 11.3 Å². The van der Waals surface area contributed by atoms with Crippen molar-refractivity contribution in [1.29, 1.82) is 0 Å². The molecule has 0 aromatic rings. The smallest absolute Gasteiger partial charge is 0.306 e. The fourth-order valence-electron chi connectivity index (χ4n) is 4.38. The first-order valence-electron chi connectivity index (χ1n) is 6.81. The maximum Gasteiger partial charge on any atom is 0.306 e. The van der Waals surface area contributed by atoms with E-state index in [2.05, 4.69) is 12.2 Å². The molecule has 3 heteroatoms.